The van der Waals surface area contributed by atoms with Gasteiger partial charge < -0.3 is 10.4 Å². The molecule has 1 atom stereocenters. The fourth-order valence-electron chi connectivity index (χ4n) is 2.67. The van der Waals surface area contributed by atoms with Crippen LogP contribution in [0.15, 0.2) is 18.2 Å². The molecule has 3 heteroatoms. The third-order valence-corrected chi connectivity index (χ3v) is 4.04. The topological polar surface area (TPSA) is 49.3 Å². The van der Waals surface area contributed by atoms with Crippen molar-refractivity contribution in [3.05, 3.63) is 29.3 Å². The van der Waals surface area contributed by atoms with E-state index < -0.39 is 0 Å². The van der Waals surface area contributed by atoms with E-state index in [1.165, 1.54) is 0 Å². The van der Waals surface area contributed by atoms with Crippen LogP contribution >= 0.6 is 0 Å². The van der Waals surface area contributed by atoms with Crippen LogP contribution < -0.4 is 5.32 Å². The summed E-state index contributed by atoms with van der Waals surface area (Å²) in [5.41, 5.74) is 1.25. The van der Waals surface area contributed by atoms with Gasteiger partial charge in [-0.3, -0.25) is 4.79 Å². The smallest absolute Gasteiger partial charge is 0.255 e. The lowest BCUT2D eigenvalue weighted by molar-refractivity contribution is 0.0907. The van der Waals surface area contributed by atoms with Crippen LogP contribution in [0.25, 0.3) is 0 Å². The molecule has 1 aliphatic carbocycles. The Hall–Kier alpha value is -1.51. The second kappa shape index (κ2) is 4.63. The maximum atomic E-state index is 12.2. The molecule has 0 aromatic heterocycles. The Labute approximate surface area is 108 Å². The number of carbonyl (C=O) groups excluding carboxylic acids is 1. The zero-order valence-corrected chi connectivity index (χ0v) is 11.3. The molecule has 0 bridgehead atoms. The Balaban J connectivity index is 2.15. The maximum Gasteiger partial charge on any atom is 0.255 e. The first-order valence-electron chi connectivity index (χ1n) is 6.51. The highest BCUT2D eigenvalue weighted by atomic mass is 16.3. The minimum absolute atomic E-state index is 0.0887. The first kappa shape index (κ1) is 12.9. The number of rotatable bonds is 2. The number of aryl methyl sites for hydroxylation is 1. The molecule has 1 aromatic carbocycles. The van der Waals surface area contributed by atoms with Crippen molar-refractivity contribution in [2.45, 2.75) is 46.1 Å². The van der Waals surface area contributed by atoms with Gasteiger partial charge in [-0.25, -0.2) is 0 Å². The van der Waals surface area contributed by atoms with Crippen LogP contribution in [0.3, 0.4) is 0 Å². The van der Waals surface area contributed by atoms with Gasteiger partial charge in [0.1, 0.15) is 5.75 Å². The first-order valence-corrected chi connectivity index (χ1v) is 6.51. The molecule has 0 saturated heterocycles. The van der Waals surface area contributed by atoms with E-state index in [0.717, 1.165) is 24.8 Å². The summed E-state index contributed by atoms with van der Waals surface area (Å²) in [5.74, 6) is -0.0815. The van der Waals surface area contributed by atoms with E-state index in [0.29, 0.717) is 5.56 Å². The van der Waals surface area contributed by atoms with E-state index in [-0.39, 0.29) is 23.1 Å². The van der Waals surface area contributed by atoms with Crippen molar-refractivity contribution in [3.63, 3.8) is 0 Å². The molecule has 1 amide bonds. The maximum absolute atomic E-state index is 12.2. The van der Waals surface area contributed by atoms with Crippen molar-refractivity contribution >= 4 is 5.91 Å². The lowest BCUT2D eigenvalue weighted by Gasteiger charge is -2.28. The van der Waals surface area contributed by atoms with Crippen molar-refractivity contribution in [1.29, 1.82) is 0 Å². The molecule has 98 valence electrons. The van der Waals surface area contributed by atoms with Gasteiger partial charge in [-0.15, -0.1) is 0 Å². The summed E-state index contributed by atoms with van der Waals surface area (Å²) in [7, 11) is 0. The van der Waals surface area contributed by atoms with Gasteiger partial charge in [0.05, 0.1) is 5.56 Å². The summed E-state index contributed by atoms with van der Waals surface area (Å²) in [4.78, 5) is 12.2. The Kier molecular flexibility index (Phi) is 3.33. The van der Waals surface area contributed by atoms with Crippen LogP contribution in [0.2, 0.25) is 0 Å². The number of phenolic OH excluding ortho intramolecular Hbond substituents is 1. The second-order valence-electron chi connectivity index (χ2n) is 5.88. The van der Waals surface area contributed by atoms with Gasteiger partial charge in [0.25, 0.3) is 5.91 Å². The third kappa shape index (κ3) is 2.35. The number of hydrogen-bond acceptors (Lipinski definition) is 2. The van der Waals surface area contributed by atoms with Crippen molar-refractivity contribution < 1.29 is 9.90 Å². The van der Waals surface area contributed by atoms with E-state index in [9.17, 15) is 9.90 Å². The molecule has 1 aromatic rings. The van der Waals surface area contributed by atoms with Gasteiger partial charge in [0.2, 0.25) is 0 Å². The normalized spacial score (nSPS) is 21.8. The SMILES string of the molecule is Cc1cccc(C(=O)NC2CCCC2(C)C)c1O. The molecule has 0 spiro atoms. The lowest BCUT2D eigenvalue weighted by atomic mass is 9.87. The van der Waals surface area contributed by atoms with Crippen LogP contribution in [0.4, 0.5) is 0 Å². The van der Waals surface area contributed by atoms with Crippen molar-refractivity contribution in [2.75, 3.05) is 0 Å². The van der Waals surface area contributed by atoms with E-state index in [1.54, 1.807) is 25.1 Å². The molecule has 3 nitrogen and oxygen atoms in total. The van der Waals surface area contributed by atoms with Crippen LogP contribution in [0, 0.1) is 12.3 Å². The number of aromatic hydroxyl groups is 1. The highest BCUT2D eigenvalue weighted by Gasteiger charge is 2.35. The molecule has 2 rings (SSSR count). The van der Waals surface area contributed by atoms with Gasteiger partial charge in [-0.1, -0.05) is 32.4 Å². The molecule has 1 aliphatic rings. The van der Waals surface area contributed by atoms with Gasteiger partial charge in [0, 0.05) is 6.04 Å². The van der Waals surface area contributed by atoms with E-state index in [2.05, 4.69) is 19.2 Å². The zero-order valence-electron chi connectivity index (χ0n) is 11.3. The number of para-hydroxylation sites is 1. The summed E-state index contributed by atoms with van der Waals surface area (Å²) in [5, 5.41) is 13.0. The number of carbonyl (C=O) groups is 1. The van der Waals surface area contributed by atoms with E-state index >= 15 is 0 Å². The minimum Gasteiger partial charge on any atom is -0.507 e. The average Bonchev–Trinajstić information content (AvgIpc) is 2.62. The Morgan fingerprint density at radius 3 is 2.78 bits per heavy atom. The van der Waals surface area contributed by atoms with Gasteiger partial charge in [-0.2, -0.15) is 0 Å². The minimum atomic E-state index is -0.170. The molecule has 1 saturated carbocycles. The Bertz CT molecular complexity index is 466. The van der Waals surface area contributed by atoms with E-state index in [1.807, 2.05) is 0 Å². The van der Waals surface area contributed by atoms with E-state index in [4.69, 9.17) is 0 Å². The molecular weight excluding hydrogens is 226 g/mol. The number of nitrogens with one attached hydrogen (secondary N) is 1. The average molecular weight is 247 g/mol. The first-order chi connectivity index (χ1) is 8.42. The van der Waals surface area contributed by atoms with Gasteiger partial charge >= 0.3 is 0 Å². The highest BCUT2D eigenvalue weighted by molar-refractivity contribution is 5.97. The summed E-state index contributed by atoms with van der Waals surface area (Å²) in [6.07, 6.45) is 3.31. The largest absolute Gasteiger partial charge is 0.507 e. The molecular formula is C15H21NO2. The van der Waals surface area contributed by atoms with Crippen LogP contribution in [-0.2, 0) is 0 Å². The highest BCUT2D eigenvalue weighted by Crippen LogP contribution is 2.37. The molecule has 0 radical (unpaired) electrons. The standard InChI is InChI=1S/C15H21NO2/c1-10-6-4-7-11(13(10)17)14(18)16-12-8-5-9-15(12,2)3/h4,6-7,12,17H,5,8-9H2,1-3H3,(H,16,18). The molecule has 1 unspecified atom stereocenters. The predicted molar refractivity (Wildman–Crippen MR) is 71.7 cm³/mol. The van der Waals surface area contributed by atoms with Crippen LogP contribution in [0.5, 0.6) is 5.75 Å². The van der Waals surface area contributed by atoms with Gasteiger partial charge in [0.15, 0.2) is 0 Å². The summed E-state index contributed by atoms with van der Waals surface area (Å²) >= 11 is 0. The fraction of sp³-hybridized carbons (Fsp3) is 0.533. The number of phenols is 1. The molecule has 0 aliphatic heterocycles. The molecule has 2 N–H and O–H groups in total. The summed E-state index contributed by atoms with van der Waals surface area (Å²) in [6, 6.07) is 5.46. The number of hydrogen-bond donors (Lipinski definition) is 2. The summed E-state index contributed by atoms with van der Waals surface area (Å²) < 4.78 is 0. The second-order valence-corrected chi connectivity index (χ2v) is 5.88. The number of benzene rings is 1. The van der Waals surface area contributed by atoms with Crippen LogP contribution in [-0.4, -0.2) is 17.1 Å². The monoisotopic (exact) mass is 247 g/mol. The molecule has 1 fully saturated rings. The Morgan fingerprint density at radius 2 is 2.17 bits per heavy atom. The third-order valence-electron chi connectivity index (χ3n) is 4.04. The fourth-order valence-corrected chi connectivity index (χ4v) is 2.67. The zero-order chi connectivity index (χ0) is 13.3. The molecule has 0 heterocycles. The summed E-state index contributed by atoms with van der Waals surface area (Å²) in [6.45, 7) is 6.16. The molecule has 18 heavy (non-hydrogen) atoms. The van der Waals surface area contributed by atoms with Gasteiger partial charge in [-0.05, 0) is 36.8 Å². The van der Waals surface area contributed by atoms with Crippen molar-refractivity contribution in [2.24, 2.45) is 5.41 Å². The quantitative estimate of drug-likeness (QED) is 0.844. The Morgan fingerprint density at radius 1 is 1.44 bits per heavy atom. The predicted octanol–water partition coefficient (Wildman–Crippen LogP) is 3.01. The number of amides is 1. The lowest BCUT2D eigenvalue weighted by Crippen LogP contribution is -2.41. The van der Waals surface area contributed by atoms with Crippen molar-refractivity contribution in [1.82, 2.24) is 5.32 Å². The van der Waals surface area contributed by atoms with Crippen molar-refractivity contribution in [3.8, 4) is 5.75 Å². The van der Waals surface area contributed by atoms with Crippen LogP contribution in [0.1, 0.15) is 49.0 Å².